The zero-order chi connectivity index (χ0) is 7.52. The molecule has 4 nitrogen and oxygen atoms in total. The van der Waals surface area contributed by atoms with Crippen LogP contribution in [0, 0.1) is 0 Å². The molecule has 2 N–H and O–H groups in total. The number of aromatic nitrogens is 2. The summed E-state index contributed by atoms with van der Waals surface area (Å²) in [5.74, 6) is 0. The lowest BCUT2D eigenvalue weighted by Crippen LogP contribution is -2.42. The van der Waals surface area contributed by atoms with E-state index in [2.05, 4.69) is 20.2 Å². The minimum Gasteiger partial charge on any atom is -0.314 e. The van der Waals surface area contributed by atoms with Gasteiger partial charge in [-0.25, -0.2) is 0 Å². The third kappa shape index (κ3) is 1.55. The number of hydrogen-bond donors (Lipinski definition) is 2. The normalized spacial score (nSPS) is 25.3. The Hall–Kier alpha value is -0.520. The van der Waals surface area contributed by atoms with Crippen LogP contribution < -0.4 is 10.6 Å². The summed E-state index contributed by atoms with van der Waals surface area (Å²) >= 11 is 1.47. The maximum Gasteiger partial charge on any atom is 0.0669 e. The molecule has 1 atom stereocenters. The molecule has 0 aliphatic carbocycles. The van der Waals surface area contributed by atoms with Gasteiger partial charge in [0.15, 0.2) is 0 Å². The number of nitrogens with zero attached hydrogens (tertiary/aromatic N) is 2. The first kappa shape index (κ1) is 7.15. The van der Waals surface area contributed by atoms with Crippen molar-refractivity contribution in [3.05, 3.63) is 11.1 Å². The Balaban J connectivity index is 2.04. The predicted molar refractivity (Wildman–Crippen MR) is 43.5 cm³/mol. The summed E-state index contributed by atoms with van der Waals surface area (Å²) in [6.45, 7) is 3.08. The SMILES string of the molecule is c1nnsc1C1CNCCN1. The molecular weight excluding hydrogens is 160 g/mol. The van der Waals surface area contributed by atoms with Crippen molar-refractivity contribution < 1.29 is 0 Å². The molecule has 2 heterocycles. The molecule has 60 valence electrons. The summed E-state index contributed by atoms with van der Waals surface area (Å²) in [6.07, 6.45) is 1.83. The summed E-state index contributed by atoms with van der Waals surface area (Å²) in [5.41, 5.74) is 0. The molecule has 2 rings (SSSR count). The van der Waals surface area contributed by atoms with E-state index in [1.807, 2.05) is 6.20 Å². The molecule has 0 spiro atoms. The van der Waals surface area contributed by atoms with E-state index < -0.39 is 0 Å². The Morgan fingerprint density at radius 3 is 3.18 bits per heavy atom. The molecule has 1 aromatic heterocycles. The third-order valence-corrected chi connectivity index (χ3v) is 2.54. The molecule has 1 fully saturated rings. The lowest BCUT2D eigenvalue weighted by Gasteiger charge is -2.22. The zero-order valence-corrected chi connectivity index (χ0v) is 6.90. The lowest BCUT2D eigenvalue weighted by molar-refractivity contribution is 0.434. The van der Waals surface area contributed by atoms with E-state index in [0.29, 0.717) is 6.04 Å². The van der Waals surface area contributed by atoms with Crippen molar-refractivity contribution in [2.45, 2.75) is 6.04 Å². The summed E-state index contributed by atoms with van der Waals surface area (Å²) in [5, 5.41) is 10.5. The quantitative estimate of drug-likeness (QED) is 0.611. The Morgan fingerprint density at radius 2 is 2.55 bits per heavy atom. The fourth-order valence-electron chi connectivity index (χ4n) is 1.18. The summed E-state index contributed by atoms with van der Waals surface area (Å²) in [6, 6.07) is 0.420. The van der Waals surface area contributed by atoms with Crippen molar-refractivity contribution in [3.63, 3.8) is 0 Å². The van der Waals surface area contributed by atoms with Gasteiger partial charge >= 0.3 is 0 Å². The van der Waals surface area contributed by atoms with Gasteiger partial charge in [0.1, 0.15) is 0 Å². The topological polar surface area (TPSA) is 49.8 Å². The molecule has 1 aliphatic heterocycles. The van der Waals surface area contributed by atoms with Crippen LogP contribution in [-0.2, 0) is 0 Å². The van der Waals surface area contributed by atoms with Crippen molar-refractivity contribution in [1.82, 2.24) is 20.2 Å². The van der Waals surface area contributed by atoms with Crippen LogP contribution in [0.2, 0.25) is 0 Å². The van der Waals surface area contributed by atoms with Gasteiger partial charge in [-0.2, -0.15) is 0 Å². The molecule has 1 unspecified atom stereocenters. The molecule has 0 saturated carbocycles. The molecule has 1 aliphatic rings. The standard InChI is InChI=1S/C6H10N4S/c1-2-8-5(3-7-1)6-4-9-10-11-6/h4-5,7-8H,1-3H2. The van der Waals surface area contributed by atoms with Gasteiger partial charge in [-0.1, -0.05) is 4.49 Å². The smallest absolute Gasteiger partial charge is 0.0669 e. The molecule has 0 amide bonds. The van der Waals surface area contributed by atoms with E-state index in [1.165, 1.54) is 16.4 Å². The van der Waals surface area contributed by atoms with Crippen molar-refractivity contribution in [3.8, 4) is 0 Å². The second-order valence-corrected chi connectivity index (χ2v) is 3.35. The Kier molecular flexibility index (Phi) is 2.11. The maximum absolute atomic E-state index is 3.82. The number of nitrogens with one attached hydrogen (secondary N) is 2. The molecule has 5 heteroatoms. The van der Waals surface area contributed by atoms with E-state index in [4.69, 9.17) is 0 Å². The highest BCUT2D eigenvalue weighted by Crippen LogP contribution is 2.14. The third-order valence-electron chi connectivity index (χ3n) is 1.76. The number of hydrogen-bond acceptors (Lipinski definition) is 5. The van der Waals surface area contributed by atoms with E-state index in [1.54, 1.807) is 0 Å². The second kappa shape index (κ2) is 3.25. The maximum atomic E-state index is 3.82. The minimum atomic E-state index is 0.420. The fourth-order valence-corrected chi connectivity index (χ4v) is 1.76. The summed E-state index contributed by atoms with van der Waals surface area (Å²) in [4.78, 5) is 1.22. The average molecular weight is 170 g/mol. The molecule has 1 saturated heterocycles. The van der Waals surface area contributed by atoms with Crippen LogP contribution in [0.3, 0.4) is 0 Å². The van der Waals surface area contributed by atoms with Crippen molar-refractivity contribution in [2.24, 2.45) is 0 Å². The van der Waals surface area contributed by atoms with Gasteiger partial charge in [0.25, 0.3) is 0 Å². The fraction of sp³-hybridized carbons (Fsp3) is 0.667. The van der Waals surface area contributed by atoms with Gasteiger partial charge < -0.3 is 10.6 Å². The van der Waals surface area contributed by atoms with Crippen LogP contribution in [0.5, 0.6) is 0 Å². The van der Waals surface area contributed by atoms with Gasteiger partial charge in [-0.05, 0) is 11.5 Å². The van der Waals surface area contributed by atoms with Crippen molar-refractivity contribution in [1.29, 1.82) is 0 Å². The molecular formula is C6H10N4S. The van der Waals surface area contributed by atoms with Crippen LogP contribution in [0.4, 0.5) is 0 Å². The van der Waals surface area contributed by atoms with Crippen LogP contribution >= 0.6 is 11.5 Å². The van der Waals surface area contributed by atoms with Crippen molar-refractivity contribution >= 4 is 11.5 Å². The predicted octanol–water partition coefficient (Wildman–Crippen LogP) is -0.228. The largest absolute Gasteiger partial charge is 0.314 e. The van der Waals surface area contributed by atoms with E-state index in [9.17, 15) is 0 Å². The van der Waals surface area contributed by atoms with Gasteiger partial charge in [0.2, 0.25) is 0 Å². The van der Waals surface area contributed by atoms with E-state index >= 15 is 0 Å². The Bertz CT molecular complexity index is 204. The Morgan fingerprint density at radius 1 is 1.55 bits per heavy atom. The molecule has 1 aromatic rings. The molecule has 0 radical (unpaired) electrons. The van der Waals surface area contributed by atoms with Crippen LogP contribution in [-0.4, -0.2) is 29.2 Å². The zero-order valence-electron chi connectivity index (χ0n) is 6.08. The van der Waals surface area contributed by atoms with Crippen molar-refractivity contribution in [2.75, 3.05) is 19.6 Å². The monoisotopic (exact) mass is 170 g/mol. The second-order valence-electron chi connectivity index (χ2n) is 2.53. The highest BCUT2D eigenvalue weighted by molar-refractivity contribution is 7.05. The van der Waals surface area contributed by atoms with Gasteiger partial charge in [0, 0.05) is 19.6 Å². The lowest BCUT2D eigenvalue weighted by atomic mass is 10.2. The highest BCUT2D eigenvalue weighted by Gasteiger charge is 2.15. The first-order valence-electron chi connectivity index (χ1n) is 3.68. The molecule has 0 aromatic carbocycles. The first-order chi connectivity index (χ1) is 5.47. The minimum absolute atomic E-state index is 0.420. The van der Waals surface area contributed by atoms with Crippen LogP contribution in [0.1, 0.15) is 10.9 Å². The van der Waals surface area contributed by atoms with Crippen LogP contribution in [0.15, 0.2) is 6.20 Å². The highest BCUT2D eigenvalue weighted by atomic mass is 32.1. The van der Waals surface area contributed by atoms with E-state index in [-0.39, 0.29) is 0 Å². The van der Waals surface area contributed by atoms with Crippen LogP contribution in [0.25, 0.3) is 0 Å². The number of piperazine rings is 1. The summed E-state index contributed by atoms with van der Waals surface area (Å²) < 4.78 is 3.82. The molecule has 11 heavy (non-hydrogen) atoms. The van der Waals surface area contributed by atoms with Gasteiger partial charge in [-0.15, -0.1) is 5.10 Å². The average Bonchev–Trinajstić information content (AvgIpc) is 2.58. The molecule has 0 bridgehead atoms. The first-order valence-corrected chi connectivity index (χ1v) is 4.45. The van der Waals surface area contributed by atoms with Gasteiger partial charge in [0.05, 0.1) is 17.1 Å². The van der Waals surface area contributed by atoms with E-state index in [0.717, 1.165) is 19.6 Å². The summed E-state index contributed by atoms with van der Waals surface area (Å²) in [7, 11) is 0. The number of rotatable bonds is 1. The Labute approximate surface area is 69.2 Å². The van der Waals surface area contributed by atoms with Gasteiger partial charge in [-0.3, -0.25) is 0 Å².